The molecule has 0 amide bonds. The van der Waals surface area contributed by atoms with E-state index in [1.54, 1.807) is 14.2 Å². The zero-order valence-electron chi connectivity index (χ0n) is 27.9. The average molecular weight is 663 g/mol. The number of hydrogen-bond donors (Lipinski definition) is 1. The highest BCUT2D eigenvalue weighted by Gasteiger charge is 2.52. The second-order valence-electron chi connectivity index (χ2n) is 13.2. The van der Waals surface area contributed by atoms with Crippen LogP contribution >= 0.6 is 0 Å². The molecule has 250 valence electrons. The molecule has 0 bridgehead atoms. The van der Waals surface area contributed by atoms with Gasteiger partial charge in [-0.05, 0) is 59.1 Å². The summed E-state index contributed by atoms with van der Waals surface area (Å²) in [6.45, 7) is 10.2. The van der Waals surface area contributed by atoms with E-state index in [9.17, 15) is 9.59 Å². The number of aromatic amines is 1. The Kier molecular flexibility index (Phi) is 9.93. The van der Waals surface area contributed by atoms with Gasteiger partial charge in [0.25, 0.3) is 5.56 Å². The highest BCUT2D eigenvalue weighted by atomic mass is 28.4. The maximum atomic E-state index is 16.6. The van der Waals surface area contributed by atoms with Gasteiger partial charge in [-0.25, -0.2) is 9.18 Å². The molecule has 3 aromatic carbocycles. The number of H-pyrrole nitrogens is 1. The fourth-order valence-corrected chi connectivity index (χ4v) is 6.93. The van der Waals surface area contributed by atoms with E-state index in [-0.39, 0.29) is 11.6 Å². The zero-order valence-corrected chi connectivity index (χ0v) is 28.9. The van der Waals surface area contributed by atoms with Crippen molar-refractivity contribution in [3.8, 4) is 11.5 Å². The molecule has 1 saturated heterocycles. The zero-order chi connectivity index (χ0) is 34.0. The van der Waals surface area contributed by atoms with E-state index < -0.39 is 49.8 Å². The standard InChI is InChI=1S/C36H43FN2O7Si/c1-35(2,3)47(6,7)46-32-29(45-33(31(32)37)39-22-21-30(40)38-34(39)41)23-44-36(24-11-9-8-10-12-24,25-13-17-27(42-4)18-14-25)26-15-19-28(43-5)20-16-26/h8-22,29,31-33H,23H2,1-7H3,(H,38,40,41)/t29-,31-,32-,33-/m1/s1. The molecule has 4 atom stereocenters. The largest absolute Gasteiger partial charge is 0.497 e. The van der Waals surface area contributed by atoms with Gasteiger partial charge < -0.3 is 23.4 Å². The van der Waals surface area contributed by atoms with Crippen molar-refractivity contribution >= 4 is 8.32 Å². The molecule has 0 aliphatic carbocycles. The minimum atomic E-state index is -2.54. The lowest BCUT2D eigenvalue weighted by Gasteiger charge is -2.40. The summed E-state index contributed by atoms with van der Waals surface area (Å²) in [6.07, 6.45) is -3.79. The summed E-state index contributed by atoms with van der Waals surface area (Å²) in [5, 5.41) is -0.231. The van der Waals surface area contributed by atoms with Crippen LogP contribution in [0.3, 0.4) is 0 Å². The van der Waals surface area contributed by atoms with Gasteiger partial charge in [-0.15, -0.1) is 0 Å². The lowest BCUT2D eigenvalue weighted by Crippen LogP contribution is -2.49. The molecule has 2 heterocycles. The van der Waals surface area contributed by atoms with E-state index in [1.807, 2.05) is 92.0 Å². The summed E-state index contributed by atoms with van der Waals surface area (Å²) in [6, 6.07) is 26.2. The summed E-state index contributed by atoms with van der Waals surface area (Å²) < 4.78 is 48.6. The number of halogens is 1. The SMILES string of the molecule is COc1ccc(C(OC[C@H]2O[C@@H](n3ccc(=O)[nH]c3=O)[C@H](F)[C@@H]2O[Si](C)(C)C(C)(C)C)(c2ccccc2)c2ccc(OC)cc2)cc1. The summed E-state index contributed by atoms with van der Waals surface area (Å²) in [4.78, 5) is 26.8. The second-order valence-corrected chi connectivity index (χ2v) is 17.9. The lowest BCUT2D eigenvalue weighted by molar-refractivity contribution is -0.0937. The molecule has 4 aromatic rings. The first-order valence-electron chi connectivity index (χ1n) is 15.6. The smallest absolute Gasteiger partial charge is 0.330 e. The summed E-state index contributed by atoms with van der Waals surface area (Å²) in [5.74, 6) is 1.36. The first-order valence-corrected chi connectivity index (χ1v) is 18.5. The number of hydrogen-bond acceptors (Lipinski definition) is 7. The number of rotatable bonds is 11. The lowest BCUT2D eigenvalue weighted by atomic mass is 9.80. The van der Waals surface area contributed by atoms with Gasteiger partial charge in [0.2, 0.25) is 0 Å². The Morgan fingerprint density at radius 1 is 0.830 bits per heavy atom. The molecule has 1 N–H and O–H groups in total. The summed E-state index contributed by atoms with van der Waals surface area (Å²) >= 11 is 0. The van der Waals surface area contributed by atoms with Crippen LogP contribution in [0.15, 0.2) is 101 Å². The molecular weight excluding hydrogens is 619 g/mol. The van der Waals surface area contributed by atoms with Crippen molar-refractivity contribution < 1.29 is 27.8 Å². The number of alkyl halides is 1. The third kappa shape index (κ3) is 6.84. The molecule has 9 nitrogen and oxygen atoms in total. The molecule has 0 unspecified atom stereocenters. The monoisotopic (exact) mass is 662 g/mol. The van der Waals surface area contributed by atoms with Crippen molar-refractivity contribution in [1.82, 2.24) is 9.55 Å². The van der Waals surface area contributed by atoms with Crippen LogP contribution < -0.4 is 20.7 Å². The van der Waals surface area contributed by atoms with E-state index in [2.05, 4.69) is 25.8 Å². The van der Waals surface area contributed by atoms with Crippen LogP contribution in [0.4, 0.5) is 4.39 Å². The first-order chi connectivity index (χ1) is 22.3. The van der Waals surface area contributed by atoms with Gasteiger partial charge in [0, 0.05) is 12.3 Å². The normalized spacial score (nSPS) is 20.3. The Hall–Kier alpha value is -4.03. The number of nitrogens with zero attached hydrogens (tertiary/aromatic N) is 1. The second kappa shape index (κ2) is 13.6. The Balaban J connectivity index is 1.62. The van der Waals surface area contributed by atoms with Crippen molar-refractivity contribution in [2.45, 2.75) is 69.1 Å². The third-order valence-electron chi connectivity index (χ3n) is 9.27. The van der Waals surface area contributed by atoms with Crippen molar-refractivity contribution in [3.63, 3.8) is 0 Å². The molecule has 1 aromatic heterocycles. The van der Waals surface area contributed by atoms with Gasteiger partial charge in [-0.1, -0.05) is 75.4 Å². The van der Waals surface area contributed by atoms with Gasteiger partial charge in [-0.2, -0.15) is 0 Å². The Labute approximate surface area is 275 Å². The number of methoxy groups -OCH3 is 2. The first kappa shape index (κ1) is 34.3. The fraction of sp³-hybridized carbons (Fsp3) is 0.389. The predicted octanol–water partition coefficient (Wildman–Crippen LogP) is 6.19. The highest BCUT2D eigenvalue weighted by Crippen LogP contribution is 2.45. The molecule has 0 saturated carbocycles. The van der Waals surface area contributed by atoms with Gasteiger partial charge in [-0.3, -0.25) is 14.3 Å². The predicted molar refractivity (Wildman–Crippen MR) is 180 cm³/mol. The van der Waals surface area contributed by atoms with Crippen LogP contribution in [0.25, 0.3) is 0 Å². The molecule has 1 aliphatic rings. The van der Waals surface area contributed by atoms with Crippen LogP contribution in [0, 0.1) is 0 Å². The molecule has 1 fully saturated rings. The third-order valence-corrected chi connectivity index (χ3v) is 13.7. The van der Waals surface area contributed by atoms with Crippen LogP contribution in [0.1, 0.15) is 43.7 Å². The average Bonchev–Trinajstić information content (AvgIpc) is 3.35. The van der Waals surface area contributed by atoms with E-state index >= 15 is 4.39 Å². The number of benzene rings is 3. The van der Waals surface area contributed by atoms with Gasteiger partial charge in [0.05, 0.1) is 20.8 Å². The molecule has 5 rings (SSSR count). The van der Waals surface area contributed by atoms with E-state index in [0.717, 1.165) is 21.3 Å². The van der Waals surface area contributed by atoms with Gasteiger partial charge >= 0.3 is 5.69 Å². The maximum Gasteiger partial charge on any atom is 0.330 e. The Morgan fingerprint density at radius 3 is 1.85 bits per heavy atom. The van der Waals surface area contributed by atoms with Gasteiger partial charge in [0.15, 0.2) is 20.7 Å². The van der Waals surface area contributed by atoms with E-state index in [4.69, 9.17) is 23.4 Å². The molecule has 1 aliphatic heterocycles. The summed E-state index contributed by atoms with van der Waals surface area (Å²) in [7, 11) is 0.673. The quantitative estimate of drug-likeness (QED) is 0.151. The molecule has 0 radical (unpaired) electrons. The molecule has 11 heteroatoms. The van der Waals surface area contributed by atoms with E-state index in [0.29, 0.717) is 11.5 Å². The van der Waals surface area contributed by atoms with Crippen LogP contribution in [0.5, 0.6) is 11.5 Å². The topological polar surface area (TPSA) is 101 Å². The Morgan fingerprint density at radius 2 is 1.36 bits per heavy atom. The Bertz CT molecular complexity index is 1700. The van der Waals surface area contributed by atoms with Crippen molar-refractivity contribution in [3.05, 3.63) is 129 Å². The summed E-state index contributed by atoms with van der Waals surface area (Å²) in [5.41, 5.74) is -0.0864. The van der Waals surface area contributed by atoms with Gasteiger partial charge in [0.1, 0.15) is 29.3 Å². The molecule has 47 heavy (non-hydrogen) atoms. The van der Waals surface area contributed by atoms with Crippen molar-refractivity contribution in [2.24, 2.45) is 0 Å². The van der Waals surface area contributed by atoms with Crippen molar-refractivity contribution in [2.75, 3.05) is 20.8 Å². The number of nitrogens with one attached hydrogen (secondary N) is 1. The molecule has 0 spiro atoms. The number of aromatic nitrogens is 2. The molecular formula is C36H43FN2O7Si. The van der Waals surface area contributed by atoms with Crippen molar-refractivity contribution in [1.29, 1.82) is 0 Å². The van der Waals surface area contributed by atoms with Crippen LogP contribution in [0.2, 0.25) is 18.1 Å². The van der Waals surface area contributed by atoms with Crippen LogP contribution in [-0.2, 0) is 19.5 Å². The highest BCUT2D eigenvalue weighted by molar-refractivity contribution is 6.74. The van der Waals surface area contributed by atoms with E-state index in [1.165, 1.54) is 12.3 Å². The van der Waals surface area contributed by atoms with Crippen LogP contribution in [-0.4, -0.2) is 57.1 Å². The fourth-order valence-electron chi connectivity index (χ4n) is 5.62. The number of ether oxygens (including phenoxy) is 4. The minimum absolute atomic E-state index is 0.0960. The minimum Gasteiger partial charge on any atom is -0.497 e. The maximum absolute atomic E-state index is 16.6.